The van der Waals surface area contributed by atoms with Crippen molar-refractivity contribution >= 4 is 11.6 Å². The van der Waals surface area contributed by atoms with Crippen LogP contribution >= 0.6 is 0 Å². The highest BCUT2D eigenvalue weighted by molar-refractivity contribution is 5.99. The van der Waals surface area contributed by atoms with Crippen molar-refractivity contribution in [3.63, 3.8) is 0 Å². The number of hydrogen-bond donors (Lipinski definition) is 2. The van der Waals surface area contributed by atoms with Crippen molar-refractivity contribution in [2.24, 2.45) is 5.92 Å². The lowest BCUT2D eigenvalue weighted by molar-refractivity contribution is 0.0927. The molecule has 0 heterocycles. The molecular formula is C16H23FN2O. The van der Waals surface area contributed by atoms with Crippen molar-refractivity contribution in [1.82, 2.24) is 5.32 Å². The third-order valence-electron chi connectivity index (χ3n) is 4.08. The Hall–Kier alpha value is -1.58. The number of hydrogen-bond acceptors (Lipinski definition) is 2. The van der Waals surface area contributed by atoms with Crippen molar-refractivity contribution in [2.45, 2.75) is 45.6 Å². The summed E-state index contributed by atoms with van der Waals surface area (Å²) in [4.78, 5) is 12.3. The lowest BCUT2D eigenvalue weighted by atomic mass is 9.99. The molecule has 3 nitrogen and oxygen atoms in total. The van der Waals surface area contributed by atoms with Crippen molar-refractivity contribution in [2.75, 3.05) is 11.9 Å². The van der Waals surface area contributed by atoms with Gasteiger partial charge in [-0.3, -0.25) is 4.79 Å². The number of carbonyl (C=O) groups excluding carboxylic acids is 1. The predicted octanol–water partition coefficient (Wildman–Crippen LogP) is 3.57. The van der Waals surface area contributed by atoms with Crippen LogP contribution in [0.4, 0.5) is 10.1 Å². The van der Waals surface area contributed by atoms with Gasteiger partial charge in [0.25, 0.3) is 5.91 Å². The molecule has 1 fully saturated rings. The van der Waals surface area contributed by atoms with E-state index in [1.807, 2.05) is 13.8 Å². The molecule has 0 radical (unpaired) electrons. The van der Waals surface area contributed by atoms with Crippen LogP contribution in [0.15, 0.2) is 18.2 Å². The lowest BCUT2D eigenvalue weighted by Crippen LogP contribution is -2.37. The number of carbonyl (C=O) groups is 1. The molecule has 1 unspecified atom stereocenters. The van der Waals surface area contributed by atoms with E-state index in [4.69, 9.17) is 0 Å². The third kappa shape index (κ3) is 3.30. The van der Waals surface area contributed by atoms with E-state index in [1.165, 1.54) is 31.7 Å². The van der Waals surface area contributed by atoms with E-state index in [2.05, 4.69) is 10.6 Å². The first-order chi connectivity index (χ1) is 9.63. The van der Waals surface area contributed by atoms with Crippen LogP contribution in [0.1, 0.15) is 49.9 Å². The zero-order valence-electron chi connectivity index (χ0n) is 12.2. The molecule has 4 heteroatoms. The zero-order chi connectivity index (χ0) is 14.5. The van der Waals surface area contributed by atoms with Gasteiger partial charge in [-0.2, -0.15) is 0 Å². The Labute approximate surface area is 120 Å². The Morgan fingerprint density at radius 1 is 1.40 bits per heavy atom. The minimum Gasteiger partial charge on any atom is -0.382 e. The summed E-state index contributed by atoms with van der Waals surface area (Å²) >= 11 is 0. The SMILES string of the molecule is CCNc1c(F)cccc1C(=O)NC(C)C1CCCC1. The zero-order valence-corrected chi connectivity index (χ0v) is 12.2. The molecule has 0 spiro atoms. The smallest absolute Gasteiger partial charge is 0.253 e. The van der Waals surface area contributed by atoms with Crippen LogP contribution in [0.25, 0.3) is 0 Å². The maximum absolute atomic E-state index is 13.8. The Balaban J connectivity index is 2.10. The summed E-state index contributed by atoms with van der Waals surface area (Å²) in [5.41, 5.74) is 0.683. The Morgan fingerprint density at radius 2 is 2.10 bits per heavy atom. The summed E-state index contributed by atoms with van der Waals surface area (Å²) in [6, 6.07) is 4.75. The van der Waals surface area contributed by atoms with Crippen LogP contribution in [0, 0.1) is 11.7 Å². The molecule has 2 rings (SSSR count). The summed E-state index contributed by atoms with van der Waals surface area (Å²) in [6.45, 7) is 4.51. The number of rotatable bonds is 5. The molecule has 2 N–H and O–H groups in total. The summed E-state index contributed by atoms with van der Waals surface area (Å²) in [5.74, 6) is -0.0250. The lowest BCUT2D eigenvalue weighted by Gasteiger charge is -2.21. The molecule has 0 aromatic heterocycles. The Kier molecular flexibility index (Phi) is 4.99. The van der Waals surface area contributed by atoms with E-state index in [9.17, 15) is 9.18 Å². The van der Waals surface area contributed by atoms with E-state index < -0.39 is 0 Å². The van der Waals surface area contributed by atoms with Gasteiger partial charge in [0.1, 0.15) is 5.82 Å². The average molecular weight is 278 g/mol. The molecule has 1 saturated carbocycles. The topological polar surface area (TPSA) is 41.1 Å². The minimum atomic E-state index is -0.381. The van der Waals surface area contributed by atoms with Crippen molar-refractivity contribution in [3.8, 4) is 0 Å². The van der Waals surface area contributed by atoms with E-state index in [0.29, 0.717) is 23.7 Å². The minimum absolute atomic E-state index is 0.141. The second kappa shape index (κ2) is 6.73. The van der Waals surface area contributed by atoms with E-state index in [0.717, 1.165) is 0 Å². The van der Waals surface area contributed by atoms with E-state index >= 15 is 0 Å². The monoisotopic (exact) mass is 278 g/mol. The molecule has 1 aliphatic carbocycles. The maximum atomic E-state index is 13.8. The van der Waals surface area contributed by atoms with Crippen LogP contribution in [-0.4, -0.2) is 18.5 Å². The van der Waals surface area contributed by atoms with Gasteiger partial charge in [0.15, 0.2) is 0 Å². The van der Waals surface area contributed by atoms with Gasteiger partial charge in [0.2, 0.25) is 0 Å². The van der Waals surface area contributed by atoms with Gasteiger partial charge in [-0.1, -0.05) is 18.9 Å². The molecule has 20 heavy (non-hydrogen) atoms. The Morgan fingerprint density at radius 3 is 2.75 bits per heavy atom. The quantitative estimate of drug-likeness (QED) is 0.864. The van der Waals surface area contributed by atoms with Gasteiger partial charge in [-0.05, 0) is 44.7 Å². The van der Waals surface area contributed by atoms with Gasteiger partial charge in [-0.15, -0.1) is 0 Å². The molecule has 110 valence electrons. The first-order valence-corrected chi connectivity index (χ1v) is 7.46. The summed E-state index contributed by atoms with van der Waals surface area (Å²) < 4.78 is 13.8. The van der Waals surface area contributed by atoms with Gasteiger partial charge >= 0.3 is 0 Å². The molecule has 1 aromatic rings. The number of para-hydroxylation sites is 1. The van der Waals surface area contributed by atoms with Gasteiger partial charge in [-0.25, -0.2) is 4.39 Å². The van der Waals surface area contributed by atoms with Crippen LogP contribution in [0.2, 0.25) is 0 Å². The van der Waals surface area contributed by atoms with Gasteiger partial charge in [0.05, 0.1) is 11.3 Å². The second-order valence-electron chi connectivity index (χ2n) is 5.50. The van der Waals surface area contributed by atoms with E-state index in [-0.39, 0.29) is 17.8 Å². The number of anilines is 1. The van der Waals surface area contributed by atoms with Crippen molar-refractivity contribution in [1.29, 1.82) is 0 Å². The third-order valence-corrected chi connectivity index (χ3v) is 4.08. The fourth-order valence-corrected chi connectivity index (χ4v) is 2.93. The normalized spacial score (nSPS) is 16.9. The second-order valence-corrected chi connectivity index (χ2v) is 5.50. The number of nitrogens with one attached hydrogen (secondary N) is 2. The molecule has 1 aromatic carbocycles. The van der Waals surface area contributed by atoms with Crippen LogP contribution in [0.3, 0.4) is 0 Å². The summed E-state index contributed by atoms with van der Waals surface area (Å²) in [6.07, 6.45) is 4.83. The number of amides is 1. The largest absolute Gasteiger partial charge is 0.382 e. The highest BCUT2D eigenvalue weighted by atomic mass is 19.1. The van der Waals surface area contributed by atoms with E-state index in [1.54, 1.807) is 12.1 Å². The fraction of sp³-hybridized carbons (Fsp3) is 0.562. The molecule has 0 bridgehead atoms. The van der Waals surface area contributed by atoms with Crippen LogP contribution in [0.5, 0.6) is 0 Å². The molecule has 0 aliphatic heterocycles. The standard InChI is InChI=1S/C16H23FN2O/c1-3-18-15-13(9-6-10-14(15)17)16(20)19-11(2)12-7-4-5-8-12/h6,9-12,18H,3-5,7-8H2,1-2H3,(H,19,20). The average Bonchev–Trinajstić information content (AvgIpc) is 2.95. The maximum Gasteiger partial charge on any atom is 0.253 e. The number of halogens is 1. The first-order valence-electron chi connectivity index (χ1n) is 7.46. The fourth-order valence-electron chi connectivity index (χ4n) is 2.93. The molecular weight excluding hydrogens is 255 g/mol. The highest BCUT2D eigenvalue weighted by Crippen LogP contribution is 2.28. The first kappa shape index (κ1) is 14.8. The molecule has 1 amide bonds. The predicted molar refractivity (Wildman–Crippen MR) is 79.4 cm³/mol. The highest BCUT2D eigenvalue weighted by Gasteiger charge is 2.24. The summed E-state index contributed by atoms with van der Waals surface area (Å²) in [5, 5.41) is 5.95. The van der Waals surface area contributed by atoms with Crippen molar-refractivity contribution < 1.29 is 9.18 Å². The van der Waals surface area contributed by atoms with Gasteiger partial charge in [0, 0.05) is 12.6 Å². The summed E-state index contributed by atoms with van der Waals surface area (Å²) in [7, 11) is 0. The molecule has 0 saturated heterocycles. The Bertz CT molecular complexity index is 470. The molecule has 1 aliphatic rings. The van der Waals surface area contributed by atoms with Crippen LogP contribution < -0.4 is 10.6 Å². The van der Waals surface area contributed by atoms with Crippen molar-refractivity contribution in [3.05, 3.63) is 29.6 Å². The molecule has 1 atom stereocenters. The van der Waals surface area contributed by atoms with Gasteiger partial charge < -0.3 is 10.6 Å². The van der Waals surface area contributed by atoms with Crippen LogP contribution in [-0.2, 0) is 0 Å². The number of benzene rings is 1.